The van der Waals surface area contributed by atoms with E-state index in [2.05, 4.69) is 10.6 Å². The van der Waals surface area contributed by atoms with Crippen molar-refractivity contribution in [3.8, 4) is 0 Å². The molecule has 3 aromatic carbocycles. The van der Waals surface area contributed by atoms with Gasteiger partial charge >= 0.3 is 0 Å². The molecule has 3 rings (SSSR count). The van der Waals surface area contributed by atoms with Gasteiger partial charge in [0.2, 0.25) is 5.91 Å². The minimum atomic E-state index is -0.191. The van der Waals surface area contributed by atoms with Gasteiger partial charge in [0.25, 0.3) is 5.91 Å². The summed E-state index contributed by atoms with van der Waals surface area (Å²) in [7, 11) is 0. The van der Waals surface area contributed by atoms with Crippen molar-refractivity contribution in [1.29, 1.82) is 0 Å². The van der Waals surface area contributed by atoms with Crippen molar-refractivity contribution < 1.29 is 9.59 Å². The van der Waals surface area contributed by atoms with Crippen LogP contribution in [0.3, 0.4) is 0 Å². The number of anilines is 2. The third-order valence-electron chi connectivity index (χ3n) is 4.08. The van der Waals surface area contributed by atoms with Crippen molar-refractivity contribution >= 4 is 34.8 Å². The molecule has 0 radical (unpaired) electrons. The monoisotopic (exact) mass is 378 g/mol. The fourth-order valence-corrected chi connectivity index (χ4v) is 2.74. The predicted molar refractivity (Wildman–Crippen MR) is 109 cm³/mol. The molecule has 0 aliphatic carbocycles. The van der Waals surface area contributed by atoms with Crippen LogP contribution in [0.5, 0.6) is 0 Å². The Balaban J connectivity index is 1.68. The van der Waals surface area contributed by atoms with Crippen LogP contribution >= 0.6 is 11.6 Å². The third kappa shape index (κ3) is 5.19. The standard InChI is InChI=1S/C22H19ClN2O2/c1-15-7-12-19(24-21(26)13-16-8-10-18(23)11-9-16)14-20(15)25-22(27)17-5-3-2-4-6-17/h2-12,14H,13H2,1H3,(H,24,26)(H,25,27). The second-order valence-electron chi connectivity index (χ2n) is 6.20. The van der Waals surface area contributed by atoms with Gasteiger partial charge in [-0.1, -0.05) is 48.0 Å². The molecule has 27 heavy (non-hydrogen) atoms. The minimum absolute atomic E-state index is 0.137. The number of aryl methyl sites for hydroxylation is 1. The number of nitrogens with one attached hydrogen (secondary N) is 2. The van der Waals surface area contributed by atoms with Gasteiger partial charge in [-0.25, -0.2) is 0 Å². The Bertz CT molecular complexity index is 954. The van der Waals surface area contributed by atoms with Crippen molar-refractivity contribution in [3.63, 3.8) is 0 Å². The van der Waals surface area contributed by atoms with E-state index in [0.717, 1.165) is 11.1 Å². The van der Waals surface area contributed by atoms with E-state index < -0.39 is 0 Å². The van der Waals surface area contributed by atoms with E-state index in [9.17, 15) is 9.59 Å². The molecule has 0 heterocycles. The lowest BCUT2D eigenvalue weighted by Crippen LogP contribution is -2.16. The zero-order valence-corrected chi connectivity index (χ0v) is 15.6. The molecule has 0 bridgehead atoms. The molecule has 136 valence electrons. The topological polar surface area (TPSA) is 58.2 Å². The molecule has 2 amide bonds. The van der Waals surface area contributed by atoms with Gasteiger partial charge in [0.1, 0.15) is 0 Å². The van der Waals surface area contributed by atoms with E-state index >= 15 is 0 Å². The summed E-state index contributed by atoms with van der Waals surface area (Å²) in [5.41, 5.74) is 3.65. The van der Waals surface area contributed by atoms with Crippen molar-refractivity contribution in [2.45, 2.75) is 13.3 Å². The first-order chi connectivity index (χ1) is 13.0. The van der Waals surface area contributed by atoms with Crippen molar-refractivity contribution in [1.82, 2.24) is 0 Å². The minimum Gasteiger partial charge on any atom is -0.326 e. The maximum atomic E-state index is 12.4. The van der Waals surface area contributed by atoms with Crippen LogP contribution in [-0.2, 0) is 11.2 Å². The lowest BCUT2D eigenvalue weighted by atomic mass is 10.1. The van der Waals surface area contributed by atoms with Gasteiger partial charge < -0.3 is 10.6 Å². The largest absolute Gasteiger partial charge is 0.326 e. The number of hydrogen-bond donors (Lipinski definition) is 2. The Morgan fingerprint density at radius 2 is 1.59 bits per heavy atom. The summed E-state index contributed by atoms with van der Waals surface area (Å²) in [5, 5.41) is 6.39. The van der Waals surface area contributed by atoms with Gasteiger partial charge in [-0.05, 0) is 54.4 Å². The molecular formula is C22H19ClN2O2. The molecule has 2 N–H and O–H groups in total. The van der Waals surface area contributed by atoms with Crippen LogP contribution in [0.15, 0.2) is 72.8 Å². The van der Waals surface area contributed by atoms with Crippen LogP contribution in [0.1, 0.15) is 21.5 Å². The van der Waals surface area contributed by atoms with Gasteiger partial charge in [0.05, 0.1) is 6.42 Å². The van der Waals surface area contributed by atoms with Gasteiger partial charge in [-0.15, -0.1) is 0 Å². The summed E-state index contributed by atoms with van der Waals surface area (Å²) in [4.78, 5) is 24.6. The van der Waals surface area contributed by atoms with Gasteiger partial charge in [0.15, 0.2) is 0 Å². The van der Waals surface area contributed by atoms with Gasteiger partial charge in [-0.2, -0.15) is 0 Å². The number of benzene rings is 3. The number of carbonyl (C=O) groups is 2. The van der Waals surface area contributed by atoms with Crippen LogP contribution in [0.25, 0.3) is 0 Å². The average molecular weight is 379 g/mol. The number of halogens is 1. The summed E-state index contributed by atoms with van der Waals surface area (Å²) in [6.45, 7) is 1.90. The van der Waals surface area contributed by atoms with Gasteiger partial charge in [0, 0.05) is 22.0 Å². The Morgan fingerprint density at radius 1 is 0.889 bits per heavy atom. The number of amides is 2. The second-order valence-corrected chi connectivity index (χ2v) is 6.64. The fourth-order valence-electron chi connectivity index (χ4n) is 2.61. The molecule has 4 nitrogen and oxygen atoms in total. The van der Waals surface area contributed by atoms with Crippen LogP contribution < -0.4 is 10.6 Å². The highest BCUT2D eigenvalue weighted by Gasteiger charge is 2.10. The first kappa shape index (κ1) is 18.7. The first-order valence-corrected chi connectivity index (χ1v) is 8.90. The SMILES string of the molecule is Cc1ccc(NC(=O)Cc2ccc(Cl)cc2)cc1NC(=O)c1ccccc1. The summed E-state index contributed by atoms with van der Waals surface area (Å²) in [5.74, 6) is -0.329. The van der Waals surface area contributed by atoms with Crippen LogP contribution in [0, 0.1) is 6.92 Å². The lowest BCUT2D eigenvalue weighted by molar-refractivity contribution is -0.115. The Labute approximate surface area is 163 Å². The molecule has 0 saturated carbocycles. The van der Waals surface area contributed by atoms with Crippen molar-refractivity contribution in [3.05, 3.63) is 94.5 Å². The van der Waals surface area contributed by atoms with Crippen LogP contribution in [0.4, 0.5) is 11.4 Å². The molecule has 0 saturated heterocycles. The maximum absolute atomic E-state index is 12.4. The molecule has 0 spiro atoms. The molecule has 0 aromatic heterocycles. The zero-order chi connectivity index (χ0) is 19.2. The van der Waals surface area contributed by atoms with E-state index in [1.807, 2.05) is 49.4 Å². The second kappa shape index (κ2) is 8.52. The Kier molecular flexibility index (Phi) is 5.89. The average Bonchev–Trinajstić information content (AvgIpc) is 2.67. The summed E-state index contributed by atoms with van der Waals surface area (Å²) in [6, 6.07) is 21.6. The molecule has 0 atom stereocenters. The Hall–Kier alpha value is -3.11. The van der Waals surface area contributed by atoms with Gasteiger partial charge in [-0.3, -0.25) is 9.59 Å². The highest BCUT2D eigenvalue weighted by molar-refractivity contribution is 6.30. The van der Waals surface area contributed by atoms with E-state index in [1.54, 1.807) is 30.3 Å². The zero-order valence-electron chi connectivity index (χ0n) is 14.8. The lowest BCUT2D eigenvalue weighted by Gasteiger charge is -2.12. The number of rotatable bonds is 5. The molecule has 3 aromatic rings. The van der Waals surface area contributed by atoms with E-state index in [1.165, 1.54) is 0 Å². The molecule has 5 heteroatoms. The van der Waals surface area contributed by atoms with Crippen molar-refractivity contribution in [2.75, 3.05) is 10.6 Å². The molecule has 0 aliphatic heterocycles. The molecule has 0 unspecified atom stereocenters. The van der Waals surface area contributed by atoms with Crippen LogP contribution in [-0.4, -0.2) is 11.8 Å². The number of carbonyl (C=O) groups excluding carboxylic acids is 2. The quantitative estimate of drug-likeness (QED) is 0.650. The highest BCUT2D eigenvalue weighted by atomic mass is 35.5. The van der Waals surface area contributed by atoms with E-state index in [4.69, 9.17) is 11.6 Å². The maximum Gasteiger partial charge on any atom is 0.255 e. The van der Waals surface area contributed by atoms with E-state index in [0.29, 0.717) is 22.0 Å². The smallest absolute Gasteiger partial charge is 0.255 e. The fraction of sp³-hybridized carbons (Fsp3) is 0.0909. The molecule has 0 fully saturated rings. The number of hydrogen-bond acceptors (Lipinski definition) is 2. The molecule has 0 aliphatic rings. The van der Waals surface area contributed by atoms with Crippen LogP contribution in [0.2, 0.25) is 5.02 Å². The normalized spacial score (nSPS) is 10.3. The summed E-state index contributed by atoms with van der Waals surface area (Å²) in [6.07, 6.45) is 0.247. The third-order valence-corrected chi connectivity index (χ3v) is 4.34. The summed E-state index contributed by atoms with van der Waals surface area (Å²) < 4.78 is 0. The molecular weight excluding hydrogens is 360 g/mol. The Morgan fingerprint density at radius 3 is 2.30 bits per heavy atom. The summed E-state index contributed by atoms with van der Waals surface area (Å²) >= 11 is 5.86. The first-order valence-electron chi connectivity index (χ1n) is 8.52. The van der Waals surface area contributed by atoms with Crippen molar-refractivity contribution in [2.24, 2.45) is 0 Å². The van der Waals surface area contributed by atoms with E-state index in [-0.39, 0.29) is 18.2 Å². The highest BCUT2D eigenvalue weighted by Crippen LogP contribution is 2.21. The predicted octanol–water partition coefficient (Wildman–Crippen LogP) is 5.08.